The fourth-order valence-electron chi connectivity index (χ4n) is 4.02. The minimum Gasteiger partial charge on any atom is -0.508 e. The summed E-state index contributed by atoms with van der Waals surface area (Å²) in [6.07, 6.45) is 1.62. The van der Waals surface area contributed by atoms with Crippen molar-refractivity contribution in [1.29, 1.82) is 0 Å². The summed E-state index contributed by atoms with van der Waals surface area (Å²) in [7, 11) is 0. The minimum atomic E-state index is -0.826. The summed E-state index contributed by atoms with van der Waals surface area (Å²) in [5.74, 6) is 0.611. The number of hydrogen-bond acceptors (Lipinski definition) is 8. The molecule has 2 amide bonds. The lowest BCUT2D eigenvalue weighted by atomic mass is 9.95. The molecule has 1 aromatic heterocycles. The number of nitrogens with one attached hydrogen (secondary N) is 1. The average molecular weight is 496 g/mol. The van der Waals surface area contributed by atoms with Crippen molar-refractivity contribution in [2.75, 3.05) is 6.61 Å². The Morgan fingerprint density at radius 2 is 1.83 bits per heavy atom. The third kappa shape index (κ3) is 7.81. The topological polar surface area (TPSA) is 167 Å². The summed E-state index contributed by atoms with van der Waals surface area (Å²) in [5.41, 5.74) is 14.9. The molecule has 10 heteroatoms. The minimum absolute atomic E-state index is 0.176. The number of phenols is 1. The Kier molecular flexibility index (Phi) is 9.40. The molecule has 192 valence electrons. The molecule has 3 aromatic rings. The van der Waals surface area contributed by atoms with Crippen LogP contribution in [0.15, 0.2) is 47.0 Å². The van der Waals surface area contributed by atoms with Gasteiger partial charge in [-0.2, -0.15) is 4.98 Å². The second-order valence-corrected chi connectivity index (χ2v) is 8.80. The number of ether oxygens (including phenoxy) is 1. The van der Waals surface area contributed by atoms with E-state index in [2.05, 4.69) is 15.5 Å². The van der Waals surface area contributed by atoms with E-state index in [0.29, 0.717) is 37.9 Å². The molecule has 1 heterocycles. The van der Waals surface area contributed by atoms with Crippen molar-refractivity contribution >= 4 is 12.0 Å². The highest BCUT2D eigenvalue weighted by Crippen LogP contribution is 2.23. The first-order valence-corrected chi connectivity index (χ1v) is 11.9. The first kappa shape index (κ1) is 26.7. The van der Waals surface area contributed by atoms with Crippen molar-refractivity contribution in [3.8, 4) is 5.75 Å². The van der Waals surface area contributed by atoms with Crippen LogP contribution < -0.4 is 16.8 Å². The van der Waals surface area contributed by atoms with Crippen molar-refractivity contribution in [2.24, 2.45) is 11.5 Å². The number of aromatic nitrogens is 2. The van der Waals surface area contributed by atoms with E-state index < -0.39 is 18.2 Å². The van der Waals surface area contributed by atoms with Crippen LogP contribution in [-0.4, -0.2) is 39.9 Å². The second kappa shape index (κ2) is 12.7. The second-order valence-electron chi connectivity index (χ2n) is 8.80. The zero-order valence-electron chi connectivity index (χ0n) is 20.6. The Bertz CT molecular complexity index is 1140. The number of carbonyl (C=O) groups excluding carboxylic acids is 2. The zero-order valence-corrected chi connectivity index (χ0v) is 20.6. The summed E-state index contributed by atoms with van der Waals surface area (Å²) in [6, 6.07) is 11.7. The number of carbonyl (C=O) groups is 2. The molecule has 3 rings (SSSR count). The van der Waals surface area contributed by atoms with Crippen molar-refractivity contribution in [3.05, 3.63) is 76.4 Å². The van der Waals surface area contributed by atoms with Crippen molar-refractivity contribution in [2.45, 2.75) is 58.0 Å². The summed E-state index contributed by atoms with van der Waals surface area (Å²) in [6.45, 7) is 3.92. The van der Waals surface area contributed by atoms with Crippen LogP contribution in [-0.2, 0) is 22.4 Å². The van der Waals surface area contributed by atoms with Crippen molar-refractivity contribution in [3.63, 3.8) is 0 Å². The van der Waals surface area contributed by atoms with Crippen LogP contribution in [0.1, 0.15) is 59.3 Å². The largest absolute Gasteiger partial charge is 0.508 e. The van der Waals surface area contributed by atoms with Gasteiger partial charge in [-0.15, -0.1) is 0 Å². The number of aryl methyl sites for hydroxylation is 2. The van der Waals surface area contributed by atoms with E-state index in [-0.39, 0.29) is 24.2 Å². The molecule has 0 fully saturated rings. The van der Waals surface area contributed by atoms with Gasteiger partial charge in [-0.25, -0.2) is 4.79 Å². The number of rotatable bonds is 12. The van der Waals surface area contributed by atoms with E-state index in [1.165, 1.54) is 0 Å². The van der Waals surface area contributed by atoms with E-state index in [0.717, 1.165) is 22.3 Å². The zero-order chi connectivity index (χ0) is 26.1. The van der Waals surface area contributed by atoms with Crippen LogP contribution in [0.25, 0.3) is 0 Å². The van der Waals surface area contributed by atoms with Gasteiger partial charge in [0.25, 0.3) is 0 Å². The first-order chi connectivity index (χ1) is 17.2. The van der Waals surface area contributed by atoms with Crippen LogP contribution >= 0.6 is 0 Å². The molecule has 0 bridgehead atoms. The molecule has 0 saturated carbocycles. The molecule has 0 aliphatic carbocycles. The number of nitrogens with zero attached hydrogens (tertiary/aromatic N) is 2. The molecule has 2 aromatic carbocycles. The quantitative estimate of drug-likeness (QED) is 0.278. The Hall–Kier alpha value is -3.92. The summed E-state index contributed by atoms with van der Waals surface area (Å²) >= 11 is 0. The molecular formula is C26H33N5O5. The smallest absolute Gasteiger partial charge is 0.404 e. The summed E-state index contributed by atoms with van der Waals surface area (Å²) in [4.78, 5) is 28.3. The lowest BCUT2D eigenvalue weighted by molar-refractivity contribution is -0.123. The standard InChI is InChI=1S/C26H33N5O5/c1-16-12-19(32)13-17(2)20(16)15-21(27)24(33)29-22(10-6-7-11-35-26(28)34)25-30-23(31-36-25)14-18-8-4-3-5-9-18/h3-5,8-9,12-13,21-22,32H,6-7,10-11,14-15,27H2,1-2H3,(H2,28,34)(H,29,33). The Morgan fingerprint density at radius 1 is 1.14 bits per heavy atom. The van der Waals surface area contributed by atoms with Gasteiger partial charge in [0, 0.05) is 6.42 Å². The van der Waals surface area contributed by atoms with Crippen molar-refractivity contribution < 1.29 is 24.0 Å². The van der Waals surface area contributed by atoms with Gasteiger partial charge in [-0.05, 0) is 73.9 Å². The average Bonchev–Trinajstić information content (AvgIpc) is 3.28. The predicted molar refractivity (Wildman–Crippen MR) is 133 cm³/mol. The lowest BCUT2D eigenvalue weighted by Gasteiger charge is -2.20. The van der Waals surface area contributed by atoms with E-state index in [1.54, 1.807) is 12.1 Å². The fourth-order valence-corrected chi connectivity index (χ4v) is 4.02. The first-order valence-electron chi connectivity index (χ1n) is 11.9. The molecule has 0 radical (unpaired) electrons. The highest BCUT2D eigenvalue weighted by molar-refractivity contribution is 5.82. The van der Waals surface area contributed by atoms with Gasteiger partial charge in [-0.3, -0.25) is 4.79 Å². The normalized spacial score (nSPS) is 12.6. The molecule has 0 aliphatic heterocycles. The van der Waals surface area contributed by atoms with Gasteiger partial charge in [0.1, 0.15) is 11.8 Å². The van der Waals surface area contributed by atoms with E-state index >= 15 is 0 Å². The number of phenolic OH excluding ortho intramolecular Hbond substituents is 1. The molecule has 2 unspecified atom stereocenters. The number of hydrogen-bond donors (Lipinski definition) is 4. The predicted octanol–water partition coefficient (Wildman–Crippen LogP) is 2.98. The van der Waals surface area contributed by atoms with Crippen molar-refractivity contribution in [1.82, 2.24) is 15.5 Å². The van der Waals surface area contributed by atoms with Gasteiger partial charge in [0.05, 0.1) is 12.6 Å². The Balaban J connectivity index is 1.69. The van der Waals surface area contributed by atoms with Crippen LogP contribution in [0.5, 0.6) is 5.75 Å². The van der Waals surface area contributed by atoms with E-state index in [9.17, 15) is 14.7 Å². The Labute approximate surface area is 210 Å². The number of nitrogens with two attached hydrogens (primary N) is 2. The lowest BCUT2D eigenvalue weighted by Crippen LogP contribution is -2.43. The fraction of sp³-hybridized carbons (Fsp3) is 0.385. The van der Waals surface area contributed by atoms with E-state index in [4.69, 9.17) is 20.7 Å². The highest BCUT2D eigenvalue weighted by atomic mass is 16.5. The SMILES string of the molecule is Cc1cc(O)cc(C)c1CC(N)C(=O)NC(CCCCOC(N)=O)c1nc(Cc2ccccc2)no1. The summed E-state index contributed by atoms with van der Waals surface area (Å²) in [5, 5.41) is 16.8. The highest BCUT2D eigenvalue weighted by Gasteiger charge is 2.25. The van der Waals surface area contributed by atoms with Crippen LogP contribution in [0.3, 0.4) is 0 Å². The molecule has 6 N–H and O–H groups in total. The molecule has 0 saturated heterocycles. The summed E-state index contributed by atoms with van der Waals surface area (Å²) < 4.78 is 10.3. The molecule has 10 nitrogen and oxygen atoms in total. The maximum absolute atomic E-state index is 13.0. The van der Waals surface area contributed by atoms with Gasteiger partial charge < -0.3 is 31.2 Å². The molecule has 36 heavy (non-hydrogen) atoms. The van der Waals surface area contributed by atoms with Crippen LogP contribution in [0.2, 0.25) is 0 Å². The maximum Gasteiger partial charge on any atom is 0.404 e. The number of amides is 2. The number of unbranched alkanes of at least 4 members (excludes halogenated alkanes) is 1. The number of aromatic hydroxyl groups is 1. The van der Waals surface area contributed by atoms with E-state index in [1.807, 2.05) is 44.2 Å². The van der Waals surface area contributed by atoms with Gasteiger partial charge in [0.2, 0.25) is 11.8 Å². The number of primary amides is 1. The number of benzene rings is 2. The molecule has 0 aliphatic rings. The monoisotopic (exact) mass is 495 g/mol. The Morgan fingerprint density at radius 3 is 2.50 bits per heavy atom. The molecular weight excluding hydrogens is 462 g/mol. The van der Waals surface area contributed by atoms with Gasteiger partial charge in [0.15, 0.2) is 5.82 Å². The van der Waals surface area contributed by atoms with Crippen LogP contribution in [0.4, 0.5) is 4.79 Å². The third-order valence-corrected chi connectivity index (χ3v) is 5.88. The van der Waals surface area contributed by atoms with Crippen LogP contribution in [0, 0.1) is 13.8 Å². The molecule has 2 atom stereocenters. The van der Waals surface area contributed by atoms with Gasteiger partial charge >= 0.3 is 6.09 Å². The molecule has 0 spiro atoms. The van der Waals surface area contributed by atoms with Gasteiger partial charge in [-0.1, -0.05) is 35.5 Å². The maximum atomic E-state index is 13.0. The third-order valence-electron chi connectivity index (χ3n) is 5.88.